The normalized spacial score (nSPS) is 12.1. The molecular formula is C16H17FN2O2. The van der Waals surface area contributed by atoms with Crippen LogP contribution in [-0.4, -0.2) is 12.0 Å². The summed E-state index contributed by atoms with van der Waals surface area (Å²) in [4.78, 5) is 10.7. The minimum absolute atomic E-state index is 0.0609. The summed E-state index contributed by atoms with van der Waals surface area (Å²) in [5.74, 6) is -0.268. The number of hydrogen-bond acceptors (Lipinski definition) is 3. The Balaban J connectivity index is 2.36. The molecule has 0 aliphatic rings. The highest BCUT2D eigenvalue weighted by Crippen LogP contribution is 2.27. The van der Waals surface area contributed by atoms with E-state index in [2.05, 4.69) is 5.32 Å². The average Bonchev–Trinajstić information content (AvgIpc) is 2.48. The van der Waals surface area contributed by atoms with Crippen LogP contribution in [0.5, 0.6) is 0 Å². The van der Waals surface area contributed by atoms with Crippen molar-refractivity contribution in [1.29, 1.82) is 0 Å². The largest absolute Gasteiger partial charge is 0.313 e. The topological polar surface area (TPSA) is 55.2 Å². The van der Waals surface area contributed by atoms with E-state index in [0.717, 1.165) is 0 Å². The van der Waals surface area contributed by atoms with E-state index in [1.807, 2.05) is 0 Å². The smallest absolute Gasteiger partial charge is 0.272 e. The molecule has 0 saturated carbocycles. The van der Waals surface area contributed by atoms with Crippen molar-refractivity contribution < 1.29 is 9.31 Å². The summed E-state index contributed by atoms with van der Waals surface area (Å²) in [6.07, 6.45) is 0.355. The van der Waals surface area contributed by atoms with E-state index in [1.54, 1.807) is 50.4 Å². The van der Waals surface area contributed by atoms with Gasteiger partial charge in [-0.25, -0.2) is 4.39 Å². The average molecular weight is 288 g/mol. The van der Waals surface area contributed by atoms with Gasteiger partial charge in [0.25, 0.3) is 5.69 Å². The SMILES string of the molecule is CNC(Cc1ccccc1[N+](=O)[O-])c1cccc(C)c1F. The quantitative estimate of drug-likeness (QED) is 0.676. The summed E-state index contributed by atoms with van der Waals surface area (Å²) < 4.78 is 14.2. The van der Waals surface area contributed by atoms with Crippen LogP contribution >= 0.6 is 0 Å². The predicted molar refractivity (Wildman–Crippen MR) is 79.7 cm³/mol. The van der Waals surface area contributed by atoms with Crippen LogP contribution in [0.1, 0.15) is 22.7 Å². The van der Waals surface area contributed by atoms with Crippen LogP contribution in [0.3, 0.4) is 0 Å². The molecule has 0 amide bonds. The molecule has 0 aliphatic carbocycles. The van der Waals surface area contributed by atoms with E-state index in [-0.39, 0.29) is 17.5 Å². The van der Waals surface area contributed by atoms with Crippen LogP contribution < -0.4 is 5.32 Å². The van der Waals surface area contributed by atoms with E-state index >= 15 is 0 Å². The second-order valence-corrected chi connectivity index (χ2v) is 4.91. The van der Waals surface area contributed by atoms with Crippen molar-refractivity contribution in [3.05, 3.63) is 75.1 Å². The number of rotatable bonds is 5. The lowest BCUT2D eigenvalue weighted by molar-refractivity contribution is -0.385. The number of nitrogens with one attached hydrogen (secondary N) is 1. The Morgan fingerprint density at radius 3 is 2.62 bits per heavy atom. The van der Waals surface area contributed by atoms with E-state index in [9.17, 15) is 14.5 Å². The first-order valence-electron chi connectivity index (χ1n) is 6.69. The number of benzene rings is 2. The molecular weight excluding hydrogens is 271 g/mol. The van der Waals surface area contributed by atoms with Crippen LogP contribution in [0.15, 0.2) is 42.5 Å². The Morgan fingerprint density at radius 2 is 1.95 bits per heavy atom. The molecule has 0 radical (unpaired) electrons. The first kappa shape index (κ1) is 15.1. The number of halogens is 1. The highest BCUT2D eigenvalue weighted by atomic mass is 19.1. The molecule has 110 valence electrons. The molecule has 0 saturated heterocycles. The maximum absolute atomic E-state index is 14.2. The van der Waals surface area contributed by atoms with E-state index < -0.39 is 4.92 Å². The van der Waals surface area contributed by atoms with E-state index in [0.29, 0.717) is 23.1 Å². The summed E-state index contributed by atoms with van der Waals surface area (Å²) in [6.45, 7) is 1.70. The van der Waals surface area contributed by atoms with Gasteiger partial charge in [-0.2, -0.15) is 0 Å². The molecule has 0 heterocycles. The fourth-order valence-electron chi connectivity index (χ4n) is 2.39. The minimum Gasteiger partial charge on any atom is -0.313 e. The molecule has 1 atom stereocenters. The highest BCUT2D eigenvalue weighted by Gasteiger charge is 2.20. The maximum Gasteiger partial charge on any atom is 0.272 e. The zero-order valence-corrected chi connectivity index (χ0v) is 12.0. The van der Waals surface area contributed by atoms with Gasteiger partial charge in [0.15, 0.2) is 0 Å². The van der Waals surface area contributed by atoms with Crippen LogP contribution in [-0.2, 0) is 6.42 Å². The summed E-state index contributed by atoms with van der Waals surface area (Å²) in [5, 5.41) is 14.1. The third-order valence-electron chi connectivity index (χ3n) is 3.56. The molecule has 2 rings (SSSR count). The van der Waals surface area contributed by atoms with Gasteiger partial charge in [0.05, 0.1) is 4.92 Å². The van der Waals surface area contributed by atoms with Crippen LogP contribution in [0.25, 0.3) is 0 Å². The Labute approximate surface area is 122 Å². The molecule has 0 spiro atoms. The summed E-state index contributed by atoms with van der Waals surface area (Å²) in [5.41, 5.74) is 1.74. The second kappa shape index (κ2) is 6.45. The lowest BCUT2D eigenvalue weighted by Crippen LogP contribution is -2.21. The number of aryl methyl sites for hydroxylation is 1. The van der Waals surface area contributed by atoms with Crippen molar-refractivity contribution in [2.75, 3.05) is 7.05 Å². The number of nitro benzene ring substituents is 1. The molecule has 4 nitrogen and oxygen atoms in total. The van der Waals surface area contributed by atoms with Crippen molar-refractivity contribution in [1.82, 2.24) is 5.32 Å². The van der Waals surface area contributed by atoms with Crippen LogP contribution in [0.4, 0.5) is 10.1 Å². The number of nitrogens with zero attached hydrogens (tertiary/aromatic N) is 1. The van der Waals surface area contributed by atoms with Gasteiger partial charge in [-0.15, -0.1) is 0 Å². The summed E-state index contributed by atoms with van der Waals surface area (Å²) in [6, 6.07) is 11.4. The standard InChI is InChI=1S/C16H17FN2O2/c1-11-6-5-8-13(16(11)17)14(18-2)10-12-7-3-4-9-15(12)19(20)21/h3-9,14,18H,10H2,1-2H3. The second-order valence-electron chi connectivity index (χ2n) is 4.91. The highest BCUT2D eigenvalue weighted by molar-refractivity contribution is 5.41. The Kier molecular flexibility index (Phi) is 4.65. The lowest BCUT2D eigenvalue weighted by Gasteiger charge is -2.18. The number of hydrogen-bond donors (Lipinski definition) is 1. The maximum atomic E-state index is 14.2. The molecule has 2 aromatic carbocycles. The number of nitro groups is 1. The van der Waals surface area contributed by atoms with Crippen LogP contribution in [0.2, 0.25) is 0 Å². The molecule has 21 heavy (non-hydrogen) atoms. The molecule has 5 heteroatoms. The predicted octanol–water partition coefficient (Wildman–Crippen LogP) is 3.55. The number of para-hydroxylation sites is 1. The van der Waals surface area contributed by atoms with E-state index in [1.165, 1.54) is 6.07 Å². The van der Waals surface area contributed by atoms with Gasteiger partial charge in [0, 0.05) is 23.2 Å². The molecule has 0 aromatic heterocycles. The molecule has 1 unspecified atom stereocenters. The van der Waals surface area contributed by atoms with Crippen molar-refractivity contribution in [2.45, 2.75) is 19.4 Å². The summed E-state index contributed by atoms with van der Waals surface area (Å²) in [7, 11) is 1.72. The Bertz CT molecular complexity index is 658. The van der Waals surface area contributed by atoms with Crippen molar-refractivity contribution >= 4 is 5.69 Å². The fourth-order valence-corrected chi connectivity index (χ4v) is 2.39. The van der Waals surface area contributed by atoms with Gasteiger partial charge in [-0.3, -0.25) is 10.1 Å². The van der Waals surface area contributed by atoms with Gasteiger partial charge in [0.2, 0.25) is 0 Å². The van der Waals surface area contributed by atoms with Crippen molar-refractivity contribution in [3.63, 3.8) is 0 Å². The molecule has 0 bridgehead atoms. The van der Waals surface area contributed by atoms with Crippen molar-refractivity contribution in [3.8, 4) is 0 Å². The first-order chi connectivity index (χ1) is 10.0. The third kappa shape index (κ3) is 3.25. The van der Waals surface area contributed by atoms with Gasteiger partial charge in [0.1, 0.15) is 5.82 Å². The molecule has 0 aliphatic heterocycles. The zero-order chi connectivity index (χ0) is 15.4. The van der Waals surface area contributed by atoms with Gasteiger partial charge in [-0.1, -0.05) is 36.4 Å². The van der Waals surface area contributed by atoms with Gasteiger partial charge in [-0.05, 0) is 26.0 Å². The van der Waals surface area contributed by atoms with Crippen molar-refractivity contribution in [2.24, 2.45) is 0 Å². The first-order valence-corrected chi connectivity index (χ1v) is 6.69. The van der Waals surface area contributed by atoms with Crippen LogP contribution in [0, 0.1) is 22.9 Å². The minimum atomic E-state index is -0.408. The Morgan fingerprint density at radius 1 is 1.24 bits per heavy atom. The zero-order valence-electron chi connectivity index (χ0n) is 12.0. The van der Waals surface area contributed by atoms with Gasteiger partial charge < -0.3 is 5.32 Å². The third-order valence-corrected chi connectivity index (χ3v) is 3.56. The number of likely N-dealkylation sites (N-methyl/N-ethyl adjacent to an activating group) is 1. The van der Waals surface area contributed by atoms with Gasteiger partial charge >= 0.3 is 0 Å². The fraction of sp³-hybridized carbons (Fsp3) is 0.250. The molecule has 0 fully saturated rings. The monoisotopic (exact) mass is 288 g/mol. The Hall–Kier alpha value is -2.27. The molecule has 1 N–H and O–H groups in total. The lowest BCUT2D eigenvalue weighted by atomic mass is 9.96. The summed E-state index contributed by atoms with van der Waals surface area (Å²) >= 11 is 0. The van der Waals surface area contributed by atoms with E-state index in [4.69, 9.17) is 0 Å². The molecule has 2 aromatic rings.